The number of sulfonamides is 1. The molecule has 1 aromatic carbocycles. The van der Waals surface area contributed by atoms with E-state index >= 15 is 0 Å². The van der Waals surface area contributed by atoms with E-state index in [9.17, 15) is 26.0 Å². The summed E-state index contributed by atoms with van der Waals surface area (Å²) in [7, 11) is -3.82. The number of halogens is 4. The number of anilines is 1. The van der Waals surface area contributed by atoms with Gasteiger partial charge in [-0.1, -0.05) is 18.7 Å². The van der Waals surface area contributed by atoms with E-state index in [1.54, 1.807) is 19.9 Å². The highest BCUT2D eigenvalue weighted by Gasteiger charge is 2.39. The monoisotopic (exact) mass is 418 g/mol. The molecule has 1 fully saturated rings. The maximum atomic E-state index is 13.3. The van der Waals surface area contributed by atoms with Gasteiger partial charge in [0.1, 0.15) is 5.82 Å². The van der Waals surface area contributed by atoms with Gasteiger partial charge in [0.15, 0.2) is 0 Å². The van der Waals surface area contributed by atoms with Gasteiger partial charge >= 0.3 is 6.18 Å². The average Bonchev–Trinajstić information content (AvgIpc) is 2.60. The van der Waals surface area contributed by atoms with Crippen LogP contribution in [0.1, 0.15) is 19.4 Å². The lowest BCUT2D eigenvalue weighted by molar-refractivity contribution is -0.137. The van der Waals surface area contributed by atoms with Crippen LogP contribution in [-0.2, 0) is 16.2 Å². The van der Waals surface area contributed by atoms with Gasteiger partial charge in [0.25, 0.3) is 0 Å². The molecule has 0 saturated carbocycles. The van der Waals surface area contributed by atoms with Gasteiger partial charge < -0.3 is 4.90 Å². The maximum absolute atomic E-state index is 13.3. The van der Waals surface area contributed by atoms with Crippen LogP contribution in [-0.4, -0.2) is 38.4 Å². The molecule has 1 heterocycles. The van der Waals surface area contributed by atoms with E-state index in [-0.39, 0.29) is 30.2 Å². The van der Waals surface area contributed by atoms with Gasteiger partial charge in [0.05, 0.1) is 10.5 Å². The van der Waals surface area contributed by atoms with Crippen LogP contribution >= 0.6 is 0 Å². The molecule has 0 radical (unpaired) electrons. The Morgan fingerprint density at radius 3 is 2.50 bits per heavy atom. The number of allylic oxidation sites excluding steroid dienone is 4. The molecule has 28 heavy (non-hydrogen) atoms. The minimum absolute atomic E-state index is 0.00418. The number of alkyl halides is 3. The first-order chi connectivity index (χ1) is 13.0. The first kappa shape index (κ1) is 22.2. The molecule has 1 aromatic rings. The van der Waals surface area contributed by atoms with Crippen molar-refractivity contribution in [2.45, 2.75) is 26.1 Å². The van der Waals surface area contributed by atoms with Crippen molar-refractivity contribution in [1.29, 1.82) is 0 Å². The summed E-state index contributed by atoms with van der Waals surface area (Å²) < 4.78 is 80.3. The van der Waals surface area contributed by atoms with Crippen molar-refractivity contribution in [3.63, 3.8) is 0 Å². The van der Waals surface area contributed by atoms with Gasteiger partial charge in [0, 0.05) is 31.4 Å². The smallest absolute Gasteiger partial charge is 0.368 e. The molecule has 0 aromatic heterocycles. The predicted octanol–water partition coefficient (Wildman–Crippen LogP) is 4.33. The number of piperazine rings is 1. The van der Waals surface area contributed by atoms with Crippen LogP contribution in [0.4, 0.5) is 23.2 Å². The van der Waals surface area contributed by atoms with Crippen molar-refractivity contribution >= 4 is 15.7 Å². The second kappa shape index (κ2) is 8.48. The van der Waals surface area contributed by atoms with E-state index in [0.29, 0.717) is 6.07 Å². The fourth-order valence-corrected chi connectivity index (χ4v) is 4.88. The molecule has 2 rings (SSSR count). The summed E-state index contributed by atoms with van der Waals surface area (Å²) in [5, 5.41) is 0. The highest BCUT2D eigenvalue weighted by Crippen LogP contribution is 2.38. The zero-order chi connectivity index (χ0) is 21.1. The van der Waals surface area contributed by atoms with Crippen molar-refractivity contribution < 1.29 is 26.0 Å². The van der Waals surface area contributed by atoms with E-state index in [2.05, 4.69) is 6.58 Å². The Bertz CT molecular complexity index is 892. The summed E-state index contributed by atoms with van der Waals surface area (Å²) in [6.45, 7) is 6.92. The quantitative estimate of drug-likeness (QED) is 0.528. The lowest BCUT2D eigenvalue weighted by Gasteiger charge is -2.41. The highest BCUT2D eigenvalue weighted by atomic mass is 32.2. The minimum Gasteiger partial charge on any atom is -0.368 e. The highest BCUT2D eigenvalue weighted by molar-refractivity contribution is 7.93. The third-order valence-corrected chi connectivity index (χ3v) is 6.42. The third-order valence-electron chi connectivity index (χ3n) is 4.39. The molecule has 1 aliphatic rings. The van der Waals surface area contributed by atoms with Crippen LogP contribution in [0.25, 0.3) is 0 Å². The molecule has 0 N–H and O–H groups in total. The topological polar surface area (TPSA) is 40.6 Å². The fourth-order valence-electron chi connectivity index (χ4n) is 3.17. The molecule has 1 unspecified atom stereocenters. The molecular weight excluding hydrogens is 396 g/mol. The molecule has 1 saturated heterocycles. The summed E-state index contributed by atoms with van der Waals surface area (Å²) in [4.78, 5) is 1.49. The van der Waals surface area contributed by atoms with E-state index in [4.69, 9.17) is 0 Å². The predicted molar refractivity (Wildman–Crippen MR) is 102 cm³/mol. The summed E-state index contributed by atoms with van der Waals surface area (Å²) in [5.41, 5.74) is -1.23. The first-order valence-electron chi connectivity index (χ1n) is 8.61. The lowest BCUT2D eigenvalue weighted by atomic mass is 10.1. The zero-order valence-corrected chi connectivity index (χ0v) is 16.4. The summed E-state index contributed by atoms with van der Waals surface area (Å²) in [5.74, 6) is -0.976. The molecule has 0 amide bonds. The van der Waals surface area contributed by atoms with Crippen LogP contribution < -0.4 is 4.90 Å². The lowest BCUT2D eigenvalue weighted by Crippen LogP contribution is -2.54. The number of hydrogen-bond donors (Lipinski definition) is 0. The van der Waals surface area contributed by atoms with Crippen LogP contribution in [0, 0.1) is 5.82 Å². The van der Waals surface area contributed by atoms with Gasteiger partial charge in [-0.3, -0.25) is 0 Å². The molecule has 0 spiro atoms. The second-order valence-corrected chi connectivity index (χ2v) is 8.27. The summed E-state index contributed by atoms with van der Waals surface area (Å²) in [6, 6.07) is 1.93. The Morgan fingerprint density at radius 2 is 1.96 bits per heavy atom. The SMILES string of the molecule is C=CC=C(C=CC)S(=O)(=O)N1CCN(c2ccc(F)cc2C(F)(F)F)CC1C. The van der Waals surface area contributed by atoms with Crippen molar-refractivity contribution in [2.24, 2.45) is 0 Å². The van der Waals surface area contributed by atoms with Crippen molar-refractivity contribution in [3.05, 3.63) is 65.4 Å². The number of hydrogen-bond acceptors (Lipinski definition) is 3. The van der Waals surface area contributed by atoms with Gasteiger partial charge in [-0.25, -0.2) is 12.8 Å². The number of rotatable bonds is 5. The first-order valence-corrected chi connectivity index (χ1v) is 10.0. The van der Waals surface area contributed by atoms with Crippen molar-refractivity contribution in [2.75, 3.05) is 24.5 Å². The van der Waals surface area contributed by atoms with Crippen LogP contribution in [0.3, 0.4) is 0 Å². The number of nitrogens with zero attached hydrogens (tertiary/aromatic N) is 2. The molecular formula is C19H22F4N2O2S. The number of benzene rings is 1. The van der Waals surface area contributed by atoms with E-state index in [1.807, 2.05) is 0 Å². The maximum Gasteiger partial charge on any atom is 0.418 e. The van der Waals surface area contributed by atoms with Gasteiger partial charge in [-0.15, -0.1) is 0 Å². The van der Waals surface area contributed by atoms with Gasteiger partial charge in [-0.2, -0.15) is 17.5 Å². The van der Waals surface area contributed by atoms with E-state index < -0.39 is 33.6 Å². The standard InChI is InChI=1S/C19H22F4N2O2S/c1-4-6-16(7-5-2)28(26,27)25-11-10-24(13-14(25)3)18-9-8-15(20)12-17(18)19(21,22)23/h4-9,12,14H,1,10-11,13H2,2-3H3. The molecule has 9 heteroatoms. The Kier molecular flexibility index (Phi) is 6.71. The van der Waals surface area contributed by atoms with Crippen LogP contribution in [0.5, 0.6) is 0 Å². The summed E-state index contributed by atoms with van der Waals surface area (Å²) in [6.07, 6.45) is 1.05. The Morgan fingerprint density at radius 1 is 1.29 bits per heavy atom. The minimum atomic E-state index is -4.71. The van der Waals surface area contributed by atoms with E-state index in [0.717, 1.165) is 12.1 Å². The van der Waals surface area contributed by atoms with Crippen LogP contribution in [0.2, 0.25) is 0 Å². The molecule has 0 aliphatic carbocycles. The average molecular weight is 418 g/mol. The Labute approximate surface area is 162 Å². The van der Waals surface area contributed by atoms with E-state index in [1.165, 1.54) is 27.4 Å². The normalized spacial score (nSPS) is 20.0. The molecule has 1 aliphatic heterocycles. The second-order valence-electron chi connectivity index (χ2n) is 6.37. The van der Waals surface area contributed by atoms with Gasteiger partial charge in [-0.05, 0) is 44.2 Å². The van der Waals surface area contributed by atoms with Crippen LogP contribution in [0.15, 0.2) is 54.0 Å². The van der Waals surface area contributed by atoms with Crippen molar-refractivity contribution in [1.82, 2.24) is 4.31 Å². The molecule has 4 nitrogen and oxygen atoms in total. The third kappa shape index (κ3) is 4.64. The largest absolute Gasteiger partial charge is 0.418 e. The van der Waals surface area contributed by atoms with Gasteiger partial charge in [0.2, 0.25) is 10.0 Å². The summed E-state index contributed by atoms with van der Waals surface area (Å²) >= 11 is 0. The molecule has 0 bridgehead atoms. The van der Waals surface area contributed by atoms with Crippen molar-refractivity contribution in [3.8, 4) is 0 Å². The Balaban J connectivity index is 2.33. The Hall–Kier alpha value is -2.13. The molecule has 1 atom stereocenters. The molecule has 154 valence electrons. The fraction of sp³-hybridized carbons (Fsp3) is 0.368. The zero-order valence-electron chi connectivity index (χ0n) is 15.6.